The van der Waals surface area contributed by atoms with Gasteiger partial charge in [-0.1, -0.05) is 13.8 Å². The van der Waals surface area contributed by atoms with Gasteiger partial charge in [0.05, 0.1) is 4.90 Å². The number of amides is 1. The van der Waals surface area contributed by atoms with Crippen LogP contribution in [0.5, 0.6) is 5.75 Å². The number of ether oxygens (including phenoxy) is 1. The van der Waals surface area contributed by atoms with Gasteiger partial charge in [0, 0.05) is 31.9 Å². The zero-order valence-electron chi connectivity index (χ0n) is 19.2. The van der Waals surface area contributed by atoms with E-state index >= 15 is 0 Å². The molecule has 0 aliphatic carbocycles. The number of carbonyl (C=O) groups excluding carboxylic acids is 1. The molecule has 0 aromatic heterocycles. The van der Waals surface area contributed by atoms with Crippen molar-refractivity contribution in [3.63, 3.8) is 0 Å². The summed E-state index contributed by atoms with van der Waals surface area (Å²) in [7, 11) is -0.701. The Balaban J connectivity index is 2.11. The minimum absolute atomic E-state index is 0.139. The van der Waals surface area contributed by atoms with Gasteiger partial charge in [0.25, 0.3) is 5.91 Å². The fourth-order valence-electron chi connectivity index (χ4n) is 3.09. The first-order valence-corrected chi connectivity index (χ1v) is 11.8. The summed E-state index contributed by atoms with van der Waals surface area (Å²) < 4.78 is 32.2. The van der Waals surface area contributed by atoms with Gasteiger partial charge in [0.15, 0.2) is 0 Å². The number of aryl methyl sites for hydroxylation is 1. The molecule has 0 saturated heterocycles. The van der Waals surface area contributed by atoms with Crippen LogP contribution in [-0.2, 0) is 10.0 Å². The fraction of sp³-hybridized carbons (Fsp3) is 0.435. The number of benzene rings is 2. The van der Waals surface area contributed by atoms with Crippen LogP contribution in [-0.4, -0.2) is 63.9 Å². The number of nitrogens with one attached hydrogen (secondary N) is 1. The SMILES string of the molecule is CCN(CC)CCOc1ccc(NC(=O)c2cc(C)c(C)c(S(=O)(=O)N(C)C)c2)cc1. The van der Waals surface area contributed by atoms with Crippen LogP contribution in [0.3, 0.4) is 0 Å². The second-order valence-electron chi connectivity index (χ2n) is 7.56. The van der Waals surface area contributed by atoms with Crippen molar-refractivity contribution in [2.24, 2.45) is 0 Å². The molecule has 31 heavy (non-hydrogen) atoms. The zero-order chi connectivity index (χ0) is 23.2. The number of anilines is 1. The Morgan fingerprint density at radius 1 is 1.03 bits per heavy atom. The number of carbonyl (C=O) groups is 1. The molecule has 2 rings (SSSR count). The van der Waals surface area contributed by atoms with Crippen molar-refractivity contribution in [2.75, 3.05) is 45.7 Å². The van der Waals surface area contributed by atoms with E-state index < -0.39 is 10.0 Å². The molecule has 0 spiro atoms. The lowest BCUT2D eigenvalue weighted by atomic mass is 10.1. The van der Waals surface area contributed by atoms with E-state index in [-0.39, 0.29) is 10.8 Å². The fourth-order valence-corrected chi connectivity index (χ4v) is 4.31. The number of rotatable bonds is 10. The van der Waals surface area contributed by atoms with Gasteiger partial charge >= 0.3 is 0 Å². The van der Waals surface area contributed by atoms with Crippen LogP contribution in [0.4, 0.5) is 5.69 Å². The normalized spacial score (nSPS) is 11.7. The molecule has 0 heterocycles. The van der Waals surface area contributed by atoms with E-state index in [1.54, 1.807) is 44.2 Å². The summed E-state index contributed by atoms with van der Waals surface area (Å²) in [5, 5.41) is 2.82. The van der Waals surface area contributed by atoms with E-state index in [2.05, 4.69) is 24.1 Å². The van der Waals surface area contributed by atoms with E-state index in [9.17, 15) is 13.2 Å². The standard InChI is InChI=1S/C23H33N3O4S/c1-7-26(8-2)13-14-30-21-11-9-20(10-12-21)24-23(27)19-15-17(3)18(4)22(16-19)31(28,29)25(5)6/h9-12,15-16H,7-8,13-14H2,1-6H3,(H,24,27). The number of likely N-dealkylation sites (N-methyl/N-ethyl adjacent to an activating group) is 1. The Labute approximate surface area is 186 Å². The minimum Gasteiger partial charge on any atom is -0.492 e. The molecule has 0 aliphatic rings. The molecule has 0 radical (unpaired) electrons. The molecular formula is C23H33N3O4S. The van der Waals surface area contributed by atoms with Gasteiger partial charge in [-0.3, -0.25) is 4.79 Å². The Morgan fingerprint density at radius 3 is 2.19 bits per heavy atom. The van der Waals surface area contributed by atoms with Crippen LogP contribution in [0.15, 0.2) is 41.3 Å². The highest BCUT2D eigenvalue weighted by Crippen LogP contribution is 2.24. The van der Waals surface area contributed by atoms with Crippen molar-refractivity contribution in [2.45, 2.75) is 32.6 Å². The quantitative estimate of drug-likeness (QED) is 0.603. The van der Waals surface area contributed by atoms with E-state index in [4.69, 9.17) is 4.74 Å². The van der Waals surface area contributed by atoms with Gasteiger partial charge in [-0.2, -0.15) is 0 Å². The van der Waals surface area contributed by atoms with Gasteiger partial charge in [-0.25, -0.2) is 12.7 Å². The van der Waals surface area contributed by atoms with Crippen LogP contribution >= 0.6 is 0 Å². The Bertz CT molecular complexity index is 998. The molecule has 8 heteroatoms. The lowest BCUT2D eigenvalue weighted by Crippen LogP contribution is -2.27. The first kappa shape index (κ1) is 24.8. The molecule has 0 aliphatic heterocycles. The molecule has 0 atom stereocenters. The molecule has 7 nitrogen and oxygen atoms in total. The van der Waals surface area contributed by atoms with E-state index in [1.165, 1.54) is 20.2 Å². The van der Waals surface area contributed by atoms with E-state index in [0.29, 0.717) is 23.4 Å². The van der Waals surface area contributed by atoms with Crippen molar-refractivity contribution >= 4 is 21.6 Å². The maximum atomic E-state index is 12.8. The number of nitrogens with zero attached hydrogens (tertiary/aromatic N) is 2. The number of hydrogen-bond donors (Lipinski definition) is 1. The second-order valence-corrected chi connectivity index (χ2v) is 9.68. The number of hydrogen-bond acceptors (Lipinski definition) is 5. The Hall–Kier alpha value is -2.42. The van der Waals surface area contributed by atoms with Gasteiger partial charge in [0.2, 0.25) is 10.0 Å². The predicted octanol–water partition coefficient (Wildman–Crippen LogP) is 3.53. The summed E-state index contributed by atoms with van der Waals surface area (Å²) in [6.45, 7) is 11.2. The van der Waals surface area contributed by atoms with E-state index in [1.807, 2.05) is 0 Å². The van der Waals surface area contributed by atoms with Crippen molar-refractivity contribution in [3.8, 4) is 5.75 Å². The summed E-state index contributed by atoms with van der Waals surface area (Å²) in [6, 6.07) is 10.3. The lowest BCUT2D eigenvalue weighted by molar-refractivity contribution is 0.102. The third-order valence-corrected chi connectivity index (χ3v) is 7.26. The maximum Gasteiger partial charge on any atom is 0.255 e. The summed E-state index contributed by atoms with van der Waals surface area (Å²) in [5.41, 5.74) is 2.28. The summed E-state index contributed by atoms with van der Waals surface area (Å²) in [4.78, 5) is 15.2. The molecule has 2 aromatic rings. The molecule has 0 fully saturated rings. The third-order valence-electron chi connectivity index (χ3n) is 5.32. The smallest absolute Gasteiger partial charge is 0.255 e. The molecule has 170 valence electrons. The third kappa shape index (κ3) is 6.29. The highest BCUT2D eigenvalue weighted by Gasteiger charge is 2.23. The summed E-state index contributed by atoms with van der Waals surface area (Å²) in [6.07, 6.45) is 0. The van der Waals surface area contributed by atoms with Gasteiger partial charge in [-0.05, 0) is 74.5 Å². The maximum absolute atomic E-state index is 12.8. The zero-order valence-corrected chi connectivity index (χ0v) is 20.0. The van der Waals surface area contributed by atoms with Crippen LogP contribution in [0.25, 0.3) is 0 Å². The molecular weight excluding hydrogens is 414 g/mol. The molecule has 0 bridgehead atoms. The van der Waals surface area contributed by atoms with E-state index in [0.717, 1.165) is 35.3 Å². The average Bonchev–Trinajstić information content (AvgIpc) is 2.73. The first-order valence-electron chi connectivity index (χ1n) is 10.4. The minimum atomic E-state index is -3.65. The average molecular weight is 448 g/mol. The molecule has 2 aromatic carbocycles. The van der Waals surface area contributed by atoms with Gasteiger partial charge < -0.3 is 15.0 Å². The van der Waals surface area contributed by atoms with Crippen LogP contribution in [0.2, 0.25) is 0 Å². The van der Waals surface area contributed by atoms with Gasteiger partial charge in [-0.15, -0.1) is 0 Å². The lowest BCUT2D eigenvalue weighted by Gasteiger charge is -2.18. The monoisotopic (exact) mass is 447 g/mol. The van der Waals surface area contributed by atoms with Crippen molar-refractivity contribution in [1.29, 1.82) is 0 Å². The molecule has 1 N–H and O–H groups in total. The highest BCUT2D eigenvalue weighted by atomic mass is 32.2. The predicted molar refractivity (Wildman–Crippen MR) is 124 cm³/mol. The van der Waals surface area contributed by atoms with Crippen LogP contribution < -0.4 is 10.1 Å². The second kappa shape index (κ2) is 10.7. The number of sulfonamides is 1. The Morgan fingerprint density at radius 2 is 1.65 bits per heavy atom. The Kier molecular flexibility index (Phi) is 8.61. The molecule has 0 unspecified atom stereocenters. The molecule has 0 saturated carbocycles. The largest absolute Gasteiger partial charge is 0.492 e. The summed E-state index contributed by atoms with van der Waals surface area (Å²) in [5.74, 6) is 0.365. The summed E-state index contributed by atoms with van der Waals surface area (Å²) >= 11 is 0. The first-order chi connectivity index (χ1) is 14.6. The van der Waals surface area contributed by atoms with Crippen molar-refractivity contribution in [1.82, 2.24) is 9.21 Å². The molecule has 1 amide bonds. The van der Waals surface area contributed by atoms with Crippen molar-refractivity contribution in [3.05, 3.63) is 53.1 Å². The van der Waals surface area contributed by atoms with Crippen LogP contribution in [0.1, 0.15) is 35.3 Å². The topological polar surface area (TPSA) is 79.0 Å². The van der Waals surface area contributed by atoms with Crippen LogP contribution in [0, 0.1) is 13.8 Å². The highest BCUT2D eigenvalue weighted by molar-refractivity contribution is 7.89. The van der Waals surface area contributed by atoms with Crippen molar-refractivity contribution < 1.29 is 17.9 Å². The van der Waals surface area contributed by atoms with Gasteiger partial charge in [0.1, 0.15) is 12.4 Å².